The Labute approximate surface area is 148 Å². The Morgan fingerprint density at radius 2 is 1.30 bits per heavy atom. The van der Waals surface area contributed by atoms with Gasteiger partial charge in [-0.05, 0) is 61.3 Å². The van der Waals surface area contributed by atoms with Crippen molar-refractivity contribution in [1.29, 1.82) is 0 Å². The fourth-order valence-corrected chi connectivity index (χ4v) is 3.80. The summed E-state index contributed by atoms with van der Waals surface area (Å²) in [4.78, 5) is 11.8. The largest absolute Gasteiger partial charge is 0.298 e. The lowest BCUT2D eigenvalue weighted by Gasteiger charge is -2.12. The van der Waals surface area contributed by atoms with Crippen molar-refractivity contribution in [2.75, 3.05) is 0 Å². The maximum absolute atomic E-state index is 11.8. The van der Waals surface area contributed by atoms with Crippen LogP contribution in [-0.2, 0) is 0 Å². The maximum atomic E-state index is 11.8. The first-order valence-corrected chi connectivity index (χ1v) is 8.52. The smallest absolute Gasteiger partial charge is 0.151 e. The lowest BCUT2D eigenvalue weighted by Crippen LogP contribution is -1.92. The second-order valence-electron chi connectivity index (χ2n) is 5.51. The van der Waals surface area contributed by atoms with E-state index in [-0.39, 0.29) is 0 Å². The molecule has 0 unspecified atom stereocenters. The predicted molar refractivity (Wildman–Crippen MR) is 105 cm³/mol. The van der Waals surface area contributed by atoms with Gasteiger partial charge in [0.25, 0.3) is 0 Å². The molecule has 4 aromatic rings. The van der Waals surface area contributed by atoms with Crippen molar-refractivity contribution in [3.05, 3.63) is 81.9 Å². The zero-order valence-corrected chi connectivity index (χ0v) is 14.4. The van der Waals surface area contributed by atoms with Crippen LogP contribution in [0.15, 0.2) is 72.8 Å². The first-order chi connectivity index (χ1) is 11.3. The highest BCUT2D eigenvalue weighted by Gasteiger charge is 2.12. The molecule has 0 bridgehead atoms. The van der Waals surface area contributed by atoms with Crippen molar-refractivity contribution >= 4 is 50.4 Å². The Kier molecular flexibility index (Phi) is 3.62. The minimum Gasteiger partial charge on any atom is -0.298 e. The van der Waals surface area contributed by atoms with E-state index in [4.69, 9.17) is 0 Å². The Balaban J connectivity index is 2.11. The van der Waals surface area contributed by atoms with Crippen LogP contribution in [0.2, 0.25) is 0 Å². The van der Waals surface area contributed by atoms with Gasteiger partial charge >= 0.3 is 0 Å². The second kappa shape index (κ2) is 5.78. The fourth-order valence-electron chi connectivity index (χ4n) is 3.15. The van der Waals surface area contributed by atoms with Crippen molar-refractivity contribution in [3.8, 4) is 11.1 Å². The minimum absolute atomic E-state index is 0.759. The van der Waals surface area contributed by atoms with Crippen LogP contribution in [0.1, 0.15) is 10.4 Å². The SMILES string of the molecule is O=Cc1c(-c2ccc(I)c3ccccc23)ccc2ccccc12. The number of carbonyl (C=O) groups excluding carboxylic acids is 1. The van der Waals surface area contributed by atoms with E-state index in [2.05, 4.69) is 65.1 Å². The Bertz CT molecular complexity index is 1050. The Morgan fingerprint density at radius 1 is 0.652 bits per heavy atom. The van der Waals surface area contributed by atoms with E-state index in [1.54, 1.807) is 0 Å². The molecule has 0 spiro atoms. The van der Waals surface area contributed by atoms with Crippen LogP contribution >= 0.6 is 22.6 Å². The summed E-state index contributed by atoms with van der Waals surface area (Å²) in [7, 11) is 0. The molecule has 4 aromatic carbocycles. The topological polar surface area (TPSA) is 17.1 Å². The van der Waals surface area contributed by atoms with Crippen LogP contribution in [0.3, 0.4) is 0 Å². The third-order valence-electron chi connectivity index (χ3n) is 4.25. The van der Waals surface area contributed by atoms with Crippen LogP contribution < -0.4 is 0 Å². The molecule has 0 N–H and O–H groups in total. The molecule has 0 amide bonds. The molecule has 0 aliphatic rings. The van der Waals surface area contributed by atoms with Crippen molar-refractivity contribution < 1.29 is 4.79 Å². The van der Waals surface area contributed by atoms with Gasteiger partial charge in [-0.15, -0.1) is 0 Å². The molecule has 1 nitrogen and oxygen atoms in total. The third kappa shape index (κ3) is 2.34. The van der Waals surface area contributed by atoms with Gasteiger partial charge in [-0.25, -0.2) is 0 Å². The maximum Gasteiger partial charge on any atom is 0.151 e. The Morgan fingerprint density at radius 3 is 2.09 bits per heavy atom. The molecule has 0 fully saturated rings. The van der Waals surface area contributed by atoms with Crippen molar-refractivity contribution in [1.82, 2.24) is 0 Å². The molecule has 0 saturated carbocycles. The number of hydrogen-bond donors (Lipinski definition) is 0. The van der Waals surface area contributed by atoms with Gasteiger partial charge in [0.15, 0.2) is 6.29 Å². The third-order valence-corrected chi connectivity index (χ3v) is 5.19. The highest BCUT2D eigenvalue weighted by Crippen LogP contribution is 2.35. The predicted octanol–water partition coefficient (Wildman–Crippen LogP) is 6.08. The summed E-state index contributed by atoms with van der Waals surface area (Å²) in [6.07, 6.45) is 0.977. The van der Waals surface area contributed by atoms with E-state index < -0.39 is 0 Å². The summed E-state index contributed by atoms with van der Waals surface area (Å²) in [5.41, 5.74) is 2.86. The van der Waals surface area contributed by atoms with E-state index in [1.165, 1.54) is 14.3 Å². The molecule has 0 atom stereocenters. The highest BCUT2D eigenvalue weighted by molar-refractivity contribution is 14.1. The van der Waals surface area contributed by atoms with E-state index in [0.29, 0.717) is 0 Å². The van der Waals surface area contributed by atoms with Crippen LogP contribution in [0.5, 0.6) is 0 Å². The van der Waals surface area contributed by atoms with E-state index in [9.17, 15) is 4.79 Å². The van der Waals surface area contributed by atoms with Gasteiger partial charge in [0, 0.05) is 9.13 Å². The molecule has 2 heteroatoms. The number of halogens is 1. The molecule has 0 aliphatic heterocycles. The molecule has 23 heavy (non-hydrogen) atoms. The van der Waals surface area contributed by atoms with Crippen molar-refractivity contribution in [2.24, 2.45) is 0 Å². The average molecular weight is 408 g/mol. The number of hydrogen-bond acceptors (Lipinski definition) is 1. The minimum atomic E-state index is 0.759. The molecule has 4 rings (SSSR count). The van der Waals surface area contributed by atoms with Crippen molar-refractivity contribution in [2.45, 2.75) is 0 Å². The highest BCUT2D eigenvalue weighted by atomic mass is 127. The normalized spacial score (nSPS) is 11.0. The molecule has 110 valence electrons. The van der Waals surface area contributed by atoms with Gasteiger partial charge in [-0.3, -0.25) is 4.79 Å². The molecule has 0 radical (unpaired) electrons. The van der Waals surface area contributed by atoms with Gasteiger partial charge in [-0.2, -0.15) is 0 Å². The molecule has 0 heterocycles. The number of benzene rings is 4. The summed E-state index contributed by atoms with van der Waals surface area (Å²) in [5, 5.41) is 4.49. The first kappa shape index (κ1) is 14.4. The molecule has 0 aliphatic carbocycles. The fraction of sp³-hybridized carbons (Fsp3) is 0. The van der Waals surface area contributed by atoms with E-state index >= 15 is 0 Å². The lowest BCUT2D eigenvalue weighted by molar-refractivity contribution is 0.112. The van der Waals surface area contributed by atoms with Crippen LogP contribution in [-0.4, -0.2) is 6.29 Å². The van der Waals surface area contributed by atoms with Gasteiger partial charge in [0.05, 0.1) is 0 Å². The number of rotatable bonds is 2. The van der Waals surface area contributed by atoms with Crippen LogP contribution in [0, 0.1) is 3.57 Å². The van der Waals surface area contributed by atoms with Gasteiger partial charge in [0.1, 0.15) is 0 Å². The summed E-state index contributed by atoms with van der Waals surface area (Å²) in [5.74, 6) is 0. The van der Waals surface area contributed by atoms with Crippen LogP contribution in [0.4, 0.5) is 0 Å². The van der Waals surface area contributed by atoms with Gasteiger partial charge in [0.2, 0.25) is 0 Å². The molecule has 0 saturated heterocycles. The summed E-state index contributed by atoms with van der Waals surface area (Å²) in [6, 6.07) is 24.7. The summed E-state index contributed by atoms with van der Waals surface area (Å²) < 4.78 is 1.22. The Hall–Kier alpha value is -2.20. The monoisotopic (exact) mass is 408 g/mol. The zero-order valence-electron chi connectivity index (χ0n) is 12.3. The molecular formula is C21H13IO. The number of carbonyl (C=O) groups is 1. The number of aldehydes is 1. The van der Waals surface area contributed by atoms with Crippen molar-refractivity contribution in [3.63, 3.8) is 0 Å². The lowest BCUT2D eigenvalue weighted by atomic mass is 9.92. The first-order valence-electron chi connectivity index (χ1n) is 7.44. The zero-order chi connectivity index (χ0) is 15.8. The average Bonchev–Trinajstić information content (AvgIpc) is 2.61. The van der Waals surface area contributed by atoms with E-state index in [0.717, 1.165) is 33.7 Å². The quantitative estimate of drug-likeness (QED) is 0.290. The molecule has 0 aromatic heterocycles. The summed E-state index contributed by atoms with van der Waals surface area (Å²) >= 11 is 2.36. The van der Waals surface area contributed by atoms with Gasteiger partial charge in [-0.1, -0.05) is 66.7 Å². The van der Waals surface area contributed by atoms with Gasteiger partial charge < -0.3 is 0 Å². The van der Waals surface area contributed by atoms with E-state index in [1.807, 2.05) is 30.3 Å². The number of fused-ring (bicyclic) bond motifs is 2. The standard InChI is InChI=1S/C21H13IO/c22-21-12-11-17(16-7-3-4-8-19(16)21)18-10-9-14-5-1-2-6-15(14)20(18)13-23/h1-13H. The summed E-state index contributed by atoms with van der Waals surface area (Å²) in [6.45, 7) is 0. The van der Waals surface area contributed by atoms with Crippen LogP contribution in [0.25, 0.3) is 32.7 Å². The molecular weight excluding hydrogens is 395 g/mol. The second-order valence-corrected chi connectivity index (χ2v) is 6.67.